The highest BCUT2D eigenvalue weighted by molar-refractivity contribution is 7.14. The molecule has 346 valence electrons. The van der Waals surface area contributed by atoms with Crippen LogP contribution in [0.3, 0.4) is 0 Å². The maximum atomic E-state index is 12.3. The predicted molar refractivity (Wildman–Crippen MR) is 254 cm³/mol. The lowest BCUT2D eigenvalue weighted by molar-refractivity contribution is -0.130. The fourth-order valence-corrected chi connectivity index (χ4v) is 6.89. The number of rotatable bonds is 11. The Labute approximate surface area is 370 Å². The average molecular weight is 873 g/mol. The number of anilines is 1. The number of amides is 3. The second-order valence-electron chi connectivity index (χ2n) is 16.6. The van der Waals surface area contributed by atoms with Gasteiger partial charge in [0.25, 0.3) is 0 Å². The Bertz CT molecular complexity index is 1780. The van der Waals surface area contributed by atoms with Gasteiger partial charge >= 0.3 is 6.09 Å². The Hall–Kier alpha value is -4.46. The molecule has 0 spiro atoms. The molecule has 0 radical (unpaired) electrons. The van der Waals surface area contributed by atoms with Gasteiger partial charge in [-0.3, -0.25) is 19.2 Å². The van der Waals surface area contributed by atoms with Crippen molar-refractivity contribution >= 4 is 51.6 Å². The maximum absolute atomic E-state index is 12.3. The number of nitrogens with one attached hydrogen (secondary N) is 4. The van der Waals surface area contributed by atoms with Gasteiger partial charge in [0.2, 0.25) is 12.3 Å². The smallest absolute Gasteiger partial charge is 0.407 e. The van der Waals surface area contributed by atoms with Gasteiger partial charge in [0.15, 0.2) is 10.6 Å². The van der Waals surface area contributed by atoms with Crippen LogP contribution < -0.4 is 26.1 Å². The van der Waals surface area contributed by atoms with Crippen LogP contribution in [0.25, 0.3) is 22.3 Å². The van der Waals surface area contributed by atoms with Gasteiger partial charge in [-0.05, 0) is 96.1 Å². The second kappa shape index (κ2) is 29.7. The Morgan fingerprint density at radius 1 is 0.984 bits per heavy atom. The monoisotopic (exact) mass is 873 g/mol. The molecule has 61 heavy (non-hydrogen) atoms. The van der Waals surface area contributed by atoms with Gasteiger partial charge in [0.05, 0.1) is 24.0 Å². The summed E-state index contributed by atoms with van der Waals surface area (Å²) >= 11 is 1.52. The molecule has 0 bridgehead atoms. The number of ether oxygens (including phenoxy) is 2. The standard InChI is InChI=1S/C16H17N3O2S.C12H23NO2.C8H16O.C7H12N2O2.2C2H6/c1-9(2)17-16-19-14(8-22-16)13-7-15(20)11-5-4-10(21-3)6-12(11)18-13;1-9(12(2,3)4)13-11(14)15-10-7-5-6-8-10;1-6(2)5-7(3)8(4)9;1-8-7(11)6-3-2-4-9(6)5-10;2*1-2/h4-9H,1-3H3,(H,17,19)(H,18,20);9-10H,5-8H2,1-4H3,(H,13,14);6-7H,5H2,1-4H3;5-6H,2-4H2,1H3,(H,8,11);2*1-2H3. The van der Waals surface area contributed by atoms with E-state index in [2.05, 4.69) is 74.4 Å². The van der Waals surface area contributed by atoms with Crippen LogP contribution in [0, 0.1) is 17.3 Å². The van der Waals surface area contributed by atoms with Gasteiger partial charge in [-0.2, -0.15) is 0 Å². The fourth-order valence-electron chi connectivity index (χ4n) is 6.03. The van der Waals surface area contributed by atoms with Crippen LogP contribution in [0.1, 0.15) is 142 Å². The van der Waals surface area contributed by atoms with Gasteiger partial charge in [0.1, 0.15) is 23.7 Å². The van der Waals surface area contributed by atoms with Gasteiger partial charge < -0.3 is 35.3 Å². The Balaban J connectivity index is 0.000000810. The van der Waals surface area contributed by atoms with Crippen molar-refractivity contribution in [2.75, 3.05) is 26.0 Å². The number of pyridine rings is 1. The molecule has 3 aromatic rings. The van der Waals surface area contributed by atoms with Crippen molar-refractivity contribution in [2.45, 2.75) is 166 Å². The van der Waals surface area contributed by atoms with Crippen LogP contribution >= 0.6 is 11.3 Å². The molecule has 3 heterocycles. The number of Topliss-reactive ketones (excluding diaryl/α,β-unsaturated/α-hetero) is 1. The first-order valence-electron chi connectivity index (χ1n) is 22.1. The number of hydrogen-bond acceptors (Lipinski definition) is 10. The van der Waals surface area contributed by atoms with E-state index in [1.54, 1.807) is 44.2 Å². The maximum Gasteiger partial charge on any atom is 0.407 e. The average Bonchev–Trinajstić information content (AvgIpc) is 4.02. The summed E-state index contributed by atoms with van der Waals surface area (Å²) in [5.41, 5.74) is 2.26. The SMILES string of the molecule is CC.CC.CC(=O)C(C)CC(C)C.CC(NC(=O)OC1CCCC1)C(C)(C)C.CNC(=O)C1CCCN1C=O.COc1ccc2c(=O)cc(-c3csc(NC(C)C)n3)[nH]c2c1. The van der Waals surface area contributed by atoms with E-state index in [1.165, 1.54) is 24.2 Å². The zero-order valence-corrected chi connectivity index (χ0v) is 41.1. The van der Waals surface area contributed by atoms with Crippen molar-refractivity contribution in [2.24, 2.45) is 17.3 Å². The van der Waals surface area contributed by atoms with Crippen molar-refractivity contribution in [1.29, 1.82) is 0 Å². The Morgan fingerprint density at radius 3 is 2.10 bits per heavy atom. The number of carbonyl (C=O) groups excluding carboxylic acids is 4. The number of carbonyl (C=O) groups is 4. The third-order valence-corrected chi connectivity index (χ3v) is 10.7. The normalized spacial score (nSPS) is 15.4. The van der Waals surface area contributed by atoms with Crippen LogP contribution in [0.15, 0.2) is 34.4 Å². The van der Waals surface area contributed by atoms with E-state index in [9.17, 15) is 24.0 Å². The molecular formula is C47H80N6O7S. The number of alkyl carbamates (subject to hydrolysis) is 1. The minimum absolute atomic E-state index is 0.0298. The van der Waals surface area contributed by atoms with E-state index in [-0.39, 0.29) is 46.9 Å². The molecule has 2 aromatic heterocycles. The molecule has 1 aliphatic carbocycles. The van der Waals surface area contributed by atoms with Crippen molar-refractivity contribution in [3.05, 3.63) is 39.9 Å². The van der Waals surface area contributed by atoms with Crippen LogP contribution in [0.4, 0.5) is 9.93 Å². The topological polar surface area (TPSA) is 172 Å². The van der Waals surface area contributed by atoms with E-state index >= 15 is 0 Å². The van der Waals surface area contributed by atoms with E-state index < -0.39 is 0 Å². The molecular weight excluding hydrogens is 793 g/mol. The number of aromatic amines is 1. The number of H-pyrrole nitrogens is 1. The van der Waals surface area contributed by atoms with Crippen LogP contribution in [0.2, 0.25) is 0 Å². The summed E-state index contributed by atoms with van der Waals surface area (Å²) < 4.78 is 10.5. The van der Waals surface area contributed by atoms with Crippen molar-refractivity contribution in [1.82, 2.24) is 25.5 Å². The van der Waals surface area contributed by atoms with E-state index in [0.29, 0.717) is 41.1 Å². The Kier molecular flexibility index (Phi) is 27.6. The van der Waals surface area contributed by atoms with Gasteiger partial charge in [-0.15, -0.1) is 11.3 Å². The first-order valence-corrected chi connectivity index (χ1v) is 23.0. The number of hydrogen-bond donors (Lipinski definition) is 4. The molecule has 1 saturated carbocycles. The third-order valence-electron chi connectivity index (χ3n) is 9.94. The Morgan fingerprint density at radius 2 is 1.61 bits per heavy atom. The number of likely N-dealkylation sites (N-methyl/N-ethyl adjacent to an activating group) is 1. The summed E-state index contributed by atoms with van der Waals surface area (Å²) in [6.07, 6.45) is 7.80. The summed E-state index contributed by atoms with van der Waals surface area (Å²) in [5, 5.41) is 12.1. The molecule has 2 aliphatic rings. The highest BCUT2D eigenvalue weighted by atomic mass is 32.1. The van der Waals surface area contributed by atoms with E-state index in [4.69, 9.17) is 9.47 Å². The summed E-state index contributed by atoms with van der Waals surface area (Å²) in [6, 6.07) is 7.18. The highest BCUT2D eigenvalue weighted by Crippen LogP contribution is 2.26. The molecule has 2 fully saturated rings. The van der Waals surface area contributed by atoms with E-state index in [1.807, 2.05) is 53.0 Å². The predicted octanol–water partition coefficient (Wildman–Crippen LogP) is 10.2. The lowest BCUT2D eigenvalue weighted by atomic mass is 9.88. The molecule has 3 unspecified atom stereocenters. The third kappa shape index (κ3) is 21.3. The van der Waals surface area contributed by atoms with Crippen LogP contribution in [-0.2, 0) is 19.1 Å². The lowest BCUT2D eigenvalue weighted by Crippen LogP contribution is -2.42. The zero-order valence-electron chi connectivity index (χ0n) is 40.2. The van der Waals surface area contributed by atoms with Crippen molar-refractivity contribution in [3.8, 4) is 17.1 Å². The molecule has 3 amide bonds. The zero-order chi connectivity index (χ0) is 46.9. The number of methoxy groups -OCH3 is 1. The minimum atomic E-state index is -0.260. The number of fused-ring (bicyclic) bond motifs is 1. The van der Waals surface area contributed by atoms with Crippen LogP contribution in [-0.4, -0.2) is 84.0 Å². The summed E-state index contributed by atoms with van der Waals surface area (Å²) in [7, 11) is 3.19. The molecule has 5 rings (SSSR count). The van der Waals surface area contributed by atoms with Gasteiger partial charge in [-0.1, -0.05) is 69.2 Å². The lowest BCUT2D eigenvalue weighted by Gasteiger charge is -2.28. The quantitative estimate of drug-likeness (QED) is 0.137. The highest BCUT2D eigenvalue weighted by Gasteiger charge is 2.28. The minimum Gasteiger partial charge on any atom is -0.497 e. The molecule has 1 aromatic carbocycles. The van der Waals surface area contributed by atoms with Gasteiger partial charge in [-0.25, -0.2) is 9.78 Å². The molecule has 4 N–H and O–H groups in total. The molecule has 1 aliphatic heterocycles. The largest absolute Gasteiger partial charge is 0.497 e. The second-order valence-corrected chi connectivity index (χ2v) is 17.5. The summed E-state index contributed by atoms with van der Waals surface area (Å²) in [5.74, 6) is 1.85. The number of benzene rings is 1. The van der Waals surface area contributed by atoms with Crippen LogP contribution in [0.5, 0.6) is 5.75 Å². The fraction of sp³-hybridized carbons (Fsp3) is 0.660. The molecule has 14 heteroatoms. The first kappa shape index (κ1) is 56.5. The van der Waals surface area contributed by atoms with Crippen molar-refractivity contribution in [3.63, 3.8) is 0 Å². The number of ketones is 1. The number of likely N-dealkylation sites (tertiary alicyclic amines) is 1. The molecule has 3 atom stereocenters. The number of thiazole rings is 1. The van der Waals surface area contributed by atoms with E-state index in [0.717, 1.165) is 54.9 Å². The van der Waals surface area contributed by atoms with Gasteiger partial charge in [0, 0.05) is 54.5 Å². The number of nitrogens with zero attached hydrogens (tertiary/aromatic N) is 2. The van der Waals surface area contributed by atoms with Crippen molar-refractivity contribution < 1.29 is 28.7 Å². The summed E-state index contributed by atoms with van der Waals surface area (Å²) in [4.78, 5) is 65.2. The molecule has 1 saturated heterocycles. The first-order chi connectivity index (χ1) is 28.8. The molecule has 13 nitrogen and oxygen atoms in total. The number of aromatic nitrogens is 2. The summed E-state index contributed by atoms with van der Waals surface area (Å²) in [6.45, 7) is 29.1.